The SMILES string of the molecule is CC(CC1COCCN1C(=O)OC(C)(C)C)NCCNC(N)=O. The van der Waals surface area contributed by atoms with E-state index in [1.165, 1.54) is 0 Å². The Bertz CT molecular complexity index is 397. The number of urea groups is 1. The predicted octanol–water partition coefficient (Wildman–Crippen LogP) is 0.659. The summed E-state index contributed by atoms with van der Waals surface area (Å²) in [6, 6.07) is -0.386. The van der Waals surface area contributed by atoms with E-state index in [1.807, 2.05) is 27.7 Å². The largest absolute Gasteiger partial charge is 0.444 e. The summed E-state index contributed by atoms with van der Waals surface area (Å²) in [6.07, 6.45) is 0.448. The number of amides is 3. The quantitative estimate of drug-likeness (QED) is 0.620. The van der Waals surface area contributed by atoms with Crippen LogP contribution >= 0.6 is 0 Å². The van der Waals surface area contributed by atoms with Gasteiger partial charge in [0.25, 0.3) is 0 Å². The van der Waals surface area contributed by atoms with Crippen molar-refractivity contribution in [3.05, 3.63) is 0 Å². The molecule has 0 aromatic carbocycles. The molecule has 1 saturated heterocycles. The maximum atomic E-state index is 12.3. The Kier molecular flexibility index (Phi) is 7.57. The number of nitrogens with one attached hydrogen (secondary N) is 2. The molecule has 0 spiro atoms. The molecule has 4 N–H and O–H groups in total. The normalized spacial score (nSPS) is 20.0. The summed E-state index contributed by atoms with van der Waals surface area (Å²) < 4.78 is 11.0. The number of hydrogen-bond acceptors (Lipinski definition) is 5. The number of nitrogens with zero attached hydrogens (tertiary/aromatic N) is 1. The van der Waals surface area contributed by atoms with Crippen molar-refractivity contribution in [1.82, 2.24) is 15.5 Å². The highest BCUT2D eigenvalue weighted by Crippen LogP contribution is 2.17. The molecular weight excluding hydrogens is 300 g/mol. The van der Waals surface area contributed by atoms with Gasteiger partial charge in [-0.3, -0.25) is 0 Å². The molecule has 1 fully saturated rings. The summed E-state index contributed by atoms with van der Waals surface area (Å²) in [7, 11) is 0. The summed E-state index contributed by atoms with van der Waals surface area (Å²) in [5, 5.41) is 5.81. The zero-order chi connectivity index (χ0) is 17.5. The van der Waals surface area contributed by atoms with Crippen molar-refractivity contribution in [3.63, 3.8) is 0 Å². The van der Waals surface area contributed by atoms with Crippen LogP contribution in [0.15, 0.2) is 0 Å². The van der Waals surface area contributed by atoms with E-state index in [-0.39, 0.29) is 18.2 Å². The van der Waals surface area contributed by atoms with E-state index in [1.54, 1.807) is 4.90 Å². The van der Waals surface area contributed by atoms with E-state index in [0.29, 0.717) is 32.8 Å². The molecule has 1 aliphatic heterocycles. The fourth-order valence-corrected chi connectivity index (χ4v) is 2.41. The maximum absolute atomic E-state index is 12.3. The van der Waals surface area contributed by atoms with Gasteiger partial charge >= 0.3 is 12.1 Å². The Morgan fingerprint density at radius 3 is 2.70 bits per heavy atom. The van der Waals surface area contributed by atoms with Crippen molar-refractivity contribution in [2.24, 2.45) is 5.73 Å². The van der Waals surface area contributed by atoms with E-state index in [4.69, 9.17) is 15.2 Å². The van der Waals surface area contributed by atoms with Gasteiger partial charge in [-0.05, 0) is 34.1 Å². The van der Waals surface area contributed by atoms with Gasteiger partial charge in [0, 0.05) is 25.7 Å². The molecule has 1 rings (SSSR count). The smallest absolute Gasteiger partial charge is 0.410 e. The summed E-state index contributed by atoms with van der Waals surface area (Å²) in [5.41, 5.74) is 4.50. The first-order valence-corrected chi connectivity index (χ1v) is 8.03. The van der Waals surface area contributed by atoms with Crippen LogP contribution in [0.3, 0.4) is 0 Å². The Balaban J connectivity index is 2.44. The molecule has 0 radical (unpaired) electrons. The van der Waals surface area contributed by atoms with E-state index < -0.39 is 11.6 Å². The number of ether oxygens (including phenoxy) is 2. The molecule has 2 atom stereocenters. The predicted molar refractivity (Wildman–Crippen MR) is 87.2 cm³/mol. The van der Waals surface area contributed by atoms with Crippen LogP contribution in [0.2, 0.25) is 0 Å². The number of carbonyl (C=O) groups excluding carboxylic acids is 2. The Hall–Kier alpha value is -1.54. The van der Waals surface area contributed by atoms with Crippen molar-refractivity contribution < 1.29 is 19.1 Å². The van der Waals surface area contributed by atoms with Gasteiger partial charge < -0.3 is 30.7 Å². The molecule has 0 aromatic heterocycles. The average Bonchev–Trinajstić information content (AvgIpc) is 2.42. The minimum atomic E-state index is -0.531. The second kappa shape index (κ2) is 8.93. The zero-order valence-corrected chi connectivity index (χ0v) is 14.6. The standard InChI is InChI=1S/C15H30N4O4/c1-11(17-5-6-18-13(16)20)9-12-10-22-8-7-19(12)14(21)23-15(2,3)4/h11-12,17H,5-10H2,1-4H3,(H3,16,18,20). The lowest BCUT2D eigenvalue weighted by atomic mass is 10.1. The first-order valence-electron chi connectivity index (χ1n) is 8.03. The van der Waals surface area contributed by atoms with Gasteiger partial charge in [-0.2, -0.15) is 0 Å². The molecular formula is C15H30N4O4. The molecule has 8 heteroatoms. The van der Waals surface area contributed by atoms with Crippen molar-refractivity contribution in [1.29, 1.82) is 0 Å². The molecule has 8 nitrogen and oxygen atoms in total. The van der Waals surface area contributed by atoms with Crippen molar-refractivity contribution in [2.45, 2.75) is 51.8 Å². The second-order valence-corrected chi connectivity index (χ2v) is 6.78. The molecule has 1 heterocycles. The Morgan fingerprint density at radius 1 is 1.39 bits per heavy atom. The number of nitrogens with two attached hydrogens (primary N) is 1. The highest BCUT2D eigenvalue weighted by molar-refractivity contribution is 5.71. The third-order valence-electron chi connectivity index (χ3n) is 3.40. The molecule has 3 amide bonds. The van der Waals surface area contributed by atoms with Crippen molar-refractivity contribution in [3.8, 4) is 0 Å². The van der Waals surface area contributed by atoms with Gasteiger partial charge in [-0.1, -0.05) is 0 Å². The lowest BCUT2D eigenvalue weighted by molar-refractivity contribution is -0.0355. The van der Waals surface area contributed by atoms with Crippen LogP contribution in [0.5, 0.6) is 0 Å². The van der Waals surface area contributed by atoms with E-state index in [0.717, 1.165) is 6.42 Å². The average molecular weight is 330 g/mol. The van der Waals surface area contributed by atoms with Crippen LogP contribution in [-0.2, 0) is 9.47 Å². The molecule has 0 saturated carbocycles. The molecule has 134 valence electrons. The third kappa shape index (κ3) is 8.03. The minimum Gasteiger partial charge on any atom is -0.444 e. The molecule has 2 unspecified atom stereocenters. The van der Waals surface area contributed by atoms with Crippen LogP contribution in [0.25, 0.3) is 0 Å². The molecule has 23 heavy (non-hydrogen) atoms. The molecule has 0 aliphatic carbocycles. The van der Waals surface area contributed by atoms with Crippen LogP contribution in [-0.4, -0.2) is 67.6 Å². The lowest BCUT2D eigenvalue weighted by Gasteiger charge is -2.37. The third-order valence-corrected chi connectivity index (χ3v) is 3.40. The van der Waals surface area contributed by atoms with Gasteiger partial charge in [-0.15, -0.1) is 0 Å². The number of carbonyl (C=O) groups is 2. The topological polar surface area (TPSA) is 106 Å². The molecule has 0 aromatic rings. The second-order valence-electron chi connectivity index (χ2n) is 6.78. The highest BCUT2D eigenvalue weighted by Gasteiger charge is 2.31. The summed E-state index contributed by atoms with van der Waals surface area (Å²) in [5.74, 6) is 0. The monoisotopic (exact) mass is 330 g/mol. The maximum Gasteiger partial charge on any atom is 0.410 e. The number of morpholine rings is 1. The molecule has 0 bridgehead atoms. The van der Waals surface area contributed by atoms with Gasteiger partial charge in [0.15, 0.2) is 0 Å². The molecule has 1 aliphatic rings. The number of primary amides is 1. The lowest BCUT2D eigenvalue weighted by Crippen LogP contribution is -2.52. The van der Waals surface area contributed by atoms with Gasteiger partial charge in [0.05, 0.1) is 19.3 Å². The summed E-state index contributed by atoms with van der Waals surface area (Å²) >= 11 is 0. The minimum absolute atomic E-state index is 0.0230. The van der Waals surface area contributed by atoms with Crippen LogP contribution < -0.4 is 16.4 Å². The van der Waals surface area contributed by atoms with Gasteiger partial charge in [-0.25, -0.2) is 9.59 Å². The number of rotatable bonds is 6. The van der Waals surface area contributed by atoms with E-state index in [9.17, 15) is 9.59 Å². The van der Waals surface area contributed by atoms with Gasteiger partial charge in [0.1, 0.15) is 5.60 Å². The van der Waals surface area contributed by atoms with Crippen molar-refractivity contribution >= 4 is 12.1 Å². The highest BCUT2D eigenvalue weighted by atomic mass is 16.6. The summed E-state index contributed by atoms with van der Waals surface area (Å²) in [4.78, 5) is 24.7. The van der Waals surface area contributed by atoms with E-state index in [2.05, 4.69) is 10.6 Å². The van der Waals surface area contributed by atoms with Crippen LogP contribution in [0, 0.1) is 0 Å². The zero-order valence-electron chi connectivity index (χ0n) is 14.6. The first kappa shape index (κ1) is 19.5. The van der Waals surface area contributed by atoms with Crippen LogP contribution in [0.1, 0.15) is 34.1 Å². The fourth-order valence-electron chi connectivity index (χ4n) is 2.41. The van der Waals surface area contributed by atoms with Gasteiger partial charge in [0.2, 0.25) is 0 Å². The summed E-state index contributed by atoms with van der Waals surface area (Å²) in [6.45, 7) is 10.3. The van der Waals surface area contributed by atoms with E-state index >= 15 is 0 Å². The first-order chi connectivity index (χ1) is 10.7. The Labute approximate surface area is 138 Å². The Morgan fingerprint density at radius 2 is 2.09 bits per heavy atom. The fraction of sp³-hybridized carbons (Fsp3) is 0.867. The van der Waals surface area contributed by atoms with Crippen molar-refractivity contribution in [2.75, 3.05) is 32.8 Å². The number of hydrogen-bond donors (Lipinski definition) is 3. The van der Waals surface area contributed by atoms with Crippen LogP contribution in [0.4, 0.5) is 9.59 Å².